The van der Waals surface area contributed by atoms with Crippen LogP contribution in [0.5, 0.6) is 5.75 Å². The maximum atomic E-state index is 12.4. The van der Waals surface area contributed by atoms with Crippen LogP contribution in [0.25, 0.3) is 0 Å². The Kier molecular flexibility index (Phi) is 6.23. The zero-order valence-electron chi connectivity index (χ0n) is 17.4. The van der Waals surface area contributed by atoms with E-state index in [0.717, 1.165) is 32.1 Å². The molecule has 0 aliphatic heterocycles. The minimum Gasteiger partial charge on any atom is -0.487 e. The molecule has 0 radical (unpaired) electrons. The number of hydrogen-bond acceptors (Lipinski definition) is 9. The molecule has 2 fully saturated rings. The molecule has 4 unspecified atom stereocenters. The number of nitrogens with one attached hydrogen (secondary N) is 2. The van der Waals surface area contributed by atoms with Crippen LogP contribution in [0.4, 0.5) is 11.6 Å². The fourth-order valence-corrected chi connectivity index (χ4v) is 4.63. The molecule has 2 aliphatic rings. The molecule has 4 rings (SSSR count). The molecule has 0 aromatic carbocycles. The quantitative estimate of drug-likeness (QED) is 0.656. The Hall–Kier alpha value is -3.32. The van der Waals surface area contributed by atoms with Gasteiger partial charge >= 0.3 is 0 Å². The average Bonchev–Trinajstić information content (AvgIpc) is 2.79. The second-order valence-corrected chi connectivity index (χ2v) is 8.13. The molecule has 2 aromatic heterocycles. The van der Waals surface area contributed by atoms with Gasteiger partial charge in [0, 0.05) is 19.2 Å². The van der Waals surface area contributed by atoms with Crippen molar-refractivity contribution >= 4 is 17.5 Å². The van der Waals surface area contributed by atoms with Crippen LogP contribution in [0, 0.1) is 23.2 Å². The third kappa shape index (κ3) is 4.72. The predicted molar refractivity (Wildman–Crippen MR) is 113 cm³/mol. The summed E-state index contributed by atoms with van der Waals surface area (Å²) < 4.78 is 6.41. The summed E-state index contributed by atoms with van der Waals surface area (Å²) in [5.74, 6) is 1.81. The summed E-state index contributed by atoms with van der Waals surface area (Å²) in [6, 6.07) is 3.86. The van der Waals surface area contributed by atoms with E-state index in [1.54, 1.807) is 13.1 Å². The molecular weight excluding hydrogens is 396 g/mol. The molecule has 1 amide bonds. The molecule has 10 heteroatoms. The highest BCUT2D eigenvalue weighted by Crippen LogP contribution is 2.42. The lowest BCUT2D eigenvalue weighted by molar-refractivity contribution is 0.0222. The molecule has 2 aliphatic carbocycles. The molecular formula is C21H26N8O2. The molecule has 0 saturated heterocycles. The van der Waals surface area contributed by atoms with Crippen molar-refractivity contribution in [2.75, 3.05) is 12.4 Å². The first-order valence-electron chi connectivity index (χ1n) is 10.6. The lowest BCUT2D eigenvalue weighted by Gasteiger charge is -2.43. The molecule has 10 nitrogen and oxygen atoms in total. The van der Waals surface area contributed by atoms with Crippen molar-refractivity contribution in [3.63, 3.8) is 0 Å². The first-order valence-corrected chi connectivity index (χ1v) is 10.6. The second kappa shape index (κ2) is 9.22. The van der Waals surface area contributed by atoms with Crippen molar-refractivity contribution in [3.05, 3.63) is 29.8 Å². The second-order valence-electron chi connectivity index (χ2n) is 8.13. The summed E-state index contributed by atoms with van der Waals surface area (Å²) in [4.78, 5) is 20.5. The third-order valence-electron chi connectivity index (χ3n) is 6.12. The first-order chi connectivity index (χ1) is 15.1. The Morgan fingerprint density at radius 3 is 2.81 bits per heavy atom. The van der Waals surface area contributed by atoms with Gasteiger partial charge in [-0.1, -0.05) is 0 Å². The molecule has 0 spiro atoms. The van der Waals surface area contributed by atoms with Gasteiger partial charge in [-0.05, 0) is 50.4 Å². The van der Waals surface area contributed by atoms with Crippen LogP contribution >= 0.6 is 0 Å². The van der Waals surface area contributed by atoms with E-state index >= 15 is 0 Å². The maximum Gasteiger partial charge on any atom is 0.275 e. The van der Waals surface area contributed by atoms with Gasteiger partial charge in [0.1, 0.15) is 18.0 Å². The SMILES string of the molecule is CNC(=O)c1nnc(Nc2cnc(C#N)cn2)cc1OC1CCCC2CC(N)CCC21. The number of nitrogens with zero attached hydrogens (tertiary/aromatic N) is 5. The number of carbonyl (C=O) groups is 1. The van der Waals surface area contributed by atoms with Crippen molar-refractivity contribution in [2.45, 2.75) is 50.7 Å². The average molecular weight is 422 g/mol. The van der Waals surface area contributed by atoms with E-state index in [1.807, 2.05) is 6.07 Å². The number of fused-ring (bicyclic) bond motifs is 1. The Balaban J connectivity index is 1.57. The van der Waals surface area contributed by atoms with E-state index < -0.39 is 0 Å². The largest absolute Gasteiger partial charge is 0.487 e. The normalized spacial score (nSPS) is 25.1. The maximum absolute atomic E-state index is 12.4. The highest BCUT2D eigenvalue weighted by atomic mass is 16.5. The Labute approximate surface area is 180 Å². The Morgan fingerprint density at radius 1 is 1.19 bits per heavy atom. The van der Waals surface area contributed by atoms with E-state index in [-0.39, 0.29) is 29.4 Å². The van der Waals surface area contributed by atoms with Crippen molar-refractivity contribution in [2.24, 2.45) is 17.6 Å². The zero-order valence-corrected chi connectivity index (χ0v) is 17.4. The van der Waals surface area contributed by atoms with Gasteiger partial charge in [0.05, 0.1) is 12.4 Å². The predicted octanol–water partition coefficient (Wildman–Crippen LogP) is 1.92. The standard InChI is InChI=1S/C21H26N8O2/c1-24-21(30)20-17(31-16-4-2-3-12-7-13(23)5-6-15(12)16)8-18(28-29-20)27-19-11-25-14(9-22)10-26-19/h8,10-13,15-16H,2-7,23H2,1H3,(H,24,30)(H,26,27,28). The number of ether oxygens (including phenoxy) is 1. The lowest BCUT2D eigenvalue weighted by Crippen LogP contribution is -2.43. The Bertz CT molecular complexity index is 974. The van der Waals surface area contributed by atoms with Crippen LogP contribution < -0.4 is 21.1 Å². The Morgan fingerprint density at radius 2 is 2.06 bits per heavy atom. The van der Waals surface area contributed by atoms with E-state index in [1.165, 1.54) is 18.8 Å². The molecule has 2 saturated carbocycles. The van der Waals surface area contributed by atoms with Crippen molar-refractivity contribution in [3.8, 4) is 11.8 Å². The fourth-order valence-electron chi connectivity index (χ4n) is 4.63. The summed E-state index contributed by atoms with van der Waals surface area (Å²) in [5.41, 5.74) is 6.55. The van der Waals surface area contributed by atoms with Crippen LogP contribution in [0.1, 0.15) is 54.7 Å². The number of nitrogens with two attached hydrogens (primary N) is 1. The van der Waals surface area contributed by atoms with Crippen LogP contribution in [0.2, 0.25) is 0 Å². The van der Waals surface area contributed by atoms with Gasteiger partial charge in [-0.3, -0.25) is 4.79 Å². The van der Waals surface area contributed by atoms with E-state index in [4.69, 9.17) is 15.7 Å². The van der Waals surface area contributed by atoms with Gasteiger partial charge < -0.3 is 21.1 Å². The third-order valence-corrected chi connectivity index (χ3v) is 6.12. The van der Waals surface area contributed by atoms with Crippen molar-refractivity contribution < 1.29 is 9.53 Å². The minimum absolute atomic E-state index is 0.0152. The molecule has 4 atom stereocenters. The lowest BCUT2D eigenvalue weighted by atomic mass is 9.68. The van der Waals surface area contributed by atoms with Crippen LogP contribution in [0.15, 0.2) is 18.5 Å². The minimum atomic E-state index is -0.356. The summed E-state index contributed by atoms with van der Waals surface area (Å²) >= 11 is 0. The summed E-state index contributed by atoms with van der Waals surface area (Å²) in [6.07, 6.45) is 9.09. The van der Waals surface area contributed by atoms with Gasteiger partial charge in [0.2, 0.25) is 0 Å². The number of rotatable bonds is 5. The van der Waals surface area contributed by atoms with E-state index in [9.17, 15) is 4.79 Å². The van der Waals surface area contributed by atoms with Crippen LogP contribution in [0.3, 0.4) is 0 Å². The summed E-state index contributed by atoms with van der Waals surface area (Å²) in [7, 11) is 1.55. The highest BCUT2D eigenvalue weighted by molar-refractivity contribution is 5.94. The fraction of sp³-hybridized carbons (Fsp3) is 0.524. The van der Waals surface area contributed by atoms with E-state index in [0.29, 0.717) is 29.2 Å². The molecule has 0 bridgehead atoms. The van der Waals surface area contributed by atoms with Crippen molar-refractivity contribution in [1.82, 2.24) is 25.5 Å². The van der Waals surface area contributed by atoms with Gasteiger partial charge in [0.15, 0.2) is 23.0 Å². The van der Waals surface area contributed by atoms with Gasteiger partial charge in [0.25, 0.3) is 5.91 Å². The smallest absolute Gasteiger partial charge is 0.275 e. The molecule has 2 heterocycles. The van der Waals surface area contributed by atoms with Crippen molar-refractivity contribution in [1.29, 1.82) is 5.26 Å². The molecule has 2 aromatic rings. The molecule has 31 heavy (non-hydrogen) atoms. The number of anilines is 2. The van der Waals surface area contributed by atoms with Crippen LogP contribution in [-0.2, 0) is 0 Å². The number of aromatic nitrogens is 4. The topological polar surface area (TPSA) is 152 Å². The summed E-state index contributed by atoms with van der Waals surface area (Å²) in [5, 5.41) is 22.6. The van der Waals surface area contributed by atoms with Gasteiger partial charge in [-0.2, -0.15) is 5.26 Å². The number of amides is 1. The van der Waals surface area contributed by atoms with Gasteiger partial charge in [-0.15, -0.1) is 10.2 Å². The first kappa shape index (κ1) is 20.9. The van der Waals surface area contributed by atoms with Gasteiger partial charge in [-0.25, -0.2) is 9.97 Å². The monoisotopic (exact) mass is 422 g/mol. The molecule has 162 valence electrons. The zero-order chi connectivity index (χ0) is 21.8. The number of nitriles is 1. The molecule has 4 N–H and O–H groups in total. The summed E-state index contributed by atoms with van der Waals surface area (Å²) in [6.45, 7) is 0. The van der Waals surface area contributed by atoms with Crippen LogP contribution in [-0.4, -0.2) is 45.3 Å². The van der Waals surface area contributed by atoms with E-state index in [2.05, 4.69) is 30.8 Å². The number of hydrogen-bond donors (Lipinski definition) is 3. The number of carbonyl (C=O) groups excluding carboxylic acids is 1. The highest BCUT2D eigenvalue weighted by Gasteiger charge is 2.38.